The third-order valence-electron chi connectivity index (χ3n) is 11.5. The summed E-state index contributed by atoms with van der Waals surface area (Å²) in [6, 6.07) is 34.9. The van der Waals surface area contributed by atoms with Gasteiger partial charge in [0, 0.05) is 55.8 Å². The maximum absolute atomic E-state index is 11.7. The second-order valence-electron chi connectivity index (χ2n) is 15.3. The monoisotopic (exact) mass is 878 g/mol. The smallest absolute Gasteiger partial charge is 0.162 e. The Bertz CT molecular complexity index is 2300. The number of pyridine rings is 2. The predicted octanol–water partition coefficient (Wildman–Crippen LogP) is 12.1. The number of allylic oxidation sites excluding steroid dienone is 2. The van der Waals surface area contributed by atoms with Gasteiger partial charge in [0.1, 0.15) is 0 Å². The van der Waals surface area contributed by atoms with Crippen LogP contribution in [-0.2, 0) is 35.7 Å². The third-order valence-corrected chi connectivity index (χ3v) is 11.5. The first kappa shape index (κ1) is 38.3. The van der Waals surface area contributed by atoms with E-state index < -0.39 is 5.41 Å². The van der Waals surface area contributed by atoms with Crippen LogP contribution >= 0.6 is 0 Å². The van der Waals surface area contributed by atoms with Gasteiger partial charge in [-0.15, -0.1) is 17.7 Å². The van der Waals surface area contributed by atoms with Crippen molar-refractivity contribution < 1.29 is 30.0 Å². The third kappa shape index (κ3) is 6.26. The molecular formula is C48H49IrN2O2-. The summed E-state index contributed by atoms with van der Waals surface area (Å²) in [5.41, 5.74) is 11.7. The van der Waals surface area contributed by atoms with Crippen LogP contribution in [-0.4, -0.2) is 20.9 Å². The van der Waals surface area contributed by atoms with Gasteiger partial charge >= 0.3 is 0 Å². The van der Waals surface area contributed by atoms with Crippen molar-refractivity contribution in [3.63, 3.8) is 0 Å². The SMILES string of the molecule is CC(C)(C)c1cc2c3c(nccc3c1)-c1[c-]cc3ncccc3c1C21c2ccccc2-c2ccccc21.CCC(CC)C(=O)/C=C(\O)C(CC)CC.[Ir]. The maximum Gasteiger partial charge on any atom is 0.162 e. The normalized spacial score (nSPS) is 13.7. The van der Waals surface area contributed by atoms with E-state index in [1.807, 2.05) is 46.2 Å². The molecule has 4 aromatic carbocycles. The van der Waals surface area contributed by atoms with Gasteiger partial charge in [-0.05, 0) is 98.6 Å². The van der Waals surface area contributed by atoms with Gasteiger partial charge in [0.2, 0.25) is 0 Å². The van der Waals surface area contributed by atoms with Gasteiger partial charge in [-0.2, -0.15) is 0 Å². The minimum Gasteiger partial charge on any atom is -0.512 e. The molecule has 0 fully saturated rings. The van der Waals surface area contributed by atoms with E-state index in [2.05, 4.69) is 106 Å². The predicted molar refractivity (Wildman–Crippen MR) is 215 cm³/mol. The molecule has 2 aliphatic rings. The minimum atomic E-state index is -0.489. The van der Waals surface area contributed by atoms with Gasteiger partial charge in [-0.3, -0.25) is 4.79 Å². The average molecular weight is 878 g/mol. The Morgan fingerprint density at radius 1 is 0.792 bits per heavy atom. The van der Waals surface area contributed by atoms with Crippen molar-refractivity contribution in [2.24, 2.45) is 11.8 Å². The maximum atomic E-state index is 11.7. The summed E-state index contributed by atoms with van der Waals surface area (Å²) < 4.78 is 0. The molecule has 5 heteroatoms. The van der Waals surface area contributed by atoms with E-state index in [-0.39, 0.29) is 48.9 Å². The number of hydrogen-bond acceptors (Lipinski definition) is 4. The summed E-state index contributed by atoms with van der Waals surface area (Å²) in [6.45, 7) is 15.0. The van der Waals surface area contributed by atoms with Gasteiger partial charge in [-0.25, -0.2) is 0 Å². The fourth-order valence-corrected chi connectivity index (χ4v) is 8.61. The molecule has 8 rings (SSSR count). The van der Waals surface area contributed by atoms with E-state index in [4.69, 9.17) is 9.97 Å². The Morgan fingerprint density at radius 3 is 2.02 bits per heavy atom. The Morgan fingerprint density at radius 2 is 1.42 bits per heavy atom. The van der Waals surface area contributed by atoms with Crippen molar-refractivity contribution in [2.75, 3.05) is 0 Å². The number of fused-ring (bicyclic) bond motifs is 11. The average Bonchev–Trinajstić information content (AvgIpc) is 3.44. The number of aromatic nitrogens is 2. The van der Waals surface area contributed by atoms with Crippen molar-refractivity contribution in [3.8, 4) is 22.4 Å². The second kappa shape index (κ2) is 15.1. The Balaban J connectivity index is 0.000000258. The number of hydrogen-bond donors (Lipinski definition) is 1. The van der Waals surface area contributed by atoms with Gasteiger partial charge in [-0.1, -0.05) is 126 Å². The van der Waals surface area contributed by atoms with Crippen molar-refractivity contribution in [3.05, 3.63) is 143 Å². The zero-order valence-corrected chi connectivity index (χ0v) is 34.3. The first-order valence-electron chi connectivity index (χ1n) is 19.0. The Hall–Kier alpha value is -4.44. The van der Waals surface area contributed by atoms with Crippen LogP contribution in [0.25, 0.3) is 44.1 Å². The molecule has 6 aromatic rings. The van der Waals surface area contributed by atoms with E-state index in [9.17, 15) is 9.90 Å². The summed E-state index contributed by atoms with van der Waals surface area (Å²) in [4.78, 5) is 21.5. The van der Waals surface area contributed by atoms with Crippen LogP contribution in [0.3, 0.4) is 0 Å². The molecular weight excluding hydrogens is 829 g/mol. The van der Waals surface area contributed by atoms with E-state index >= 15 is 0 Å². The first-order chi connectivity index (χ1) is 25.1. The topological polar surface area (TPSA) is 63.1 Å². The largest absolute Gasteiger partial charge is 0.512 e. The second-order valence-corrected chi connectivity index (χ2v) is 15.3. The molecule has 0 aliphatic heterocycles. The van der Waals surface area contributed by atoms with Crippen LogP contribution in [0.15, 0.2) is 109 Å². The Kier molecular flexibility index (Phi) is 10.9. The molecule has 1 radical (unpaired) electrons. The molecule has 273 valence electrons. The zero-order chi connectivity index (χ0) is 36.8. The number of aliphatic hydroxyl groups is 1. The van der Waals surface area contributed by atoms with E-state index in [1.54, 1.807) is 0 Å². The van der Waals surface area contributed by atoms with E-state index in [0.29, 0.717) is 0 Å². The number of benzene rings is 4. The van der Waals surface area contributed by atoms with E-state index in [1.165, 1.54) is 55.8 Å². The van der Waals surface area contributed by atoms with Gasteiger partial charge in [0.05, 0.1) is 5.76 Å². The standard InChI is InChI=1S/C35H25N2.C13H24O2.Ir/c1-34(2,3)22-19-21-16-18-37-33-26-14-15-30-25(11-8-17-36-30)32(26)35(29(20-22)31(21)33)27-12-6-4-9-23(27)24-10-5-7-13-28(24)35;1-5-10(6-2)12(14)9-13(15)11(7-3)8-4;/h4-13,15-20H,1-3H3;9-11,14H,5-8H2,1-4H3;/q-1;;/b;12-9-;. The van der Waals surface area contributed by atoms with Gasteiger partial charge in [0.25, 0.3) is 0 Å². The number of carbonyl (C=O) groups is 1. The molecule has 0 saturated heterocycles. The molecule has 0 saturated carbocycles. The van der Waals surface area contributed by atoms with E-state index in [0.717, 1.165) is 47.8 Å². The molecule has 0 atom stereocenters. The molecule has 1 N–H and O–H groups in total. The van der Waals surface area contributed by atoms with Crippen LogP contribution in [0.2, 0.25) is 0 Å². The first-order valence-corrected chi connectivity index (χ1v) is 19.0. The summed E-state index contributed by atoms with van der Waals surface area (Å²) in [5, 5.41) is 13.4. The zero-order valence-electron chi connectivity index (χ0n) is 31.9. The van der Waals surface area contributed by atoms with Crippen LogP contribution in [0.4, 0.5) is 0 Å². The fraction of sp³-hybridized carbons (Fsp3) is 0.312. The summed E-state index contributed by atoms with van der Waals surface area (Å²) in [6.07, 6.45) is 8.73. The van der Waals surface area contributed by atoms with Crippen LogP contribution in [0, 0.1) is 17.9 Å². The molecule has 0 amide bonds. The number of aliphatic hydroxyl groups excluding tert-OH is 1. The van der Waals surface area contributed by atoms with Gasteiger partial charge < -0.3 is 15.1 Å². The molecule has 0 bridgehead atoms. The quantitative estimate of drug-likeness (QED) is 0.0984. The van der Waals surface area contributed by atoms with Gasteiger partial charge in [0.15, 0.2) is 5.78 Å². The summed E-state index contributed by atoms with van der Waals surface area (Å²) >= 11 is 0. The van der Waals surface area contributed by atoms with Crippen LogP contribution in [0.5, 0.6) is 0 Å². The number of carbonyl (C=O) groups excluding carboxylic acids is 1. The summed E-state index contributed by atoms with van der Waals surface area (Å²) in [7, 11) is 0. The summed E-state index contributed by atoms with van der Waals surface area (Å²) in [5.74, 6) is 0.547. The molecule has 0 unspecified atom stereocenters. The molecule has 53 heavy (non-hydrogen) atoms. The molecule has 2 aliphatic carbocycles. The van der Waals surface area contributed by atoms with Crippen LogP contribution in [0.1, 0.15) is 102 Å². The fourth-order valence-electron chi connectivity index (χ4n) is 8.61. The Labute approximate surface area is 328 Å². The number of rotatable bonds is 7. The van der Waals surface area contributed by atoms with Crippen molar-refractivity contribution in [2.45, 2.75) is 85.0 Å². The molecule has 2 heterocycles. The van der Waals surface area contributed by atoms with Crippen molar-refractivity contribution in [1.82, 2.24) is 9.97 Å². The number of ketones is 1. The van der Waals surface area contributed by atoms with Crippen LogP contribution < -0.4 is 0 Å². The van der Waals surface area contributed by atoms with Crippen molar-refractivity contribution >= 4 is 27.5 Å². The number of nitrogens with zero attached hydrogens (tertiary/aromatic N) is 2. The molecule has 1 spiro atoms. The molecule has 2 aromatic heterocycles. The minimum absolute atomic E-state index is 0. The molecule has 4 nitrogen and oxygen atoms in total. The van der Waals surface area contributed by atoms with Crippen molar-refractivity contribution in [1.29, 1.82) is 0 Å².